The third kappa shape index (κ3) is 2.39. The van der Waals surface area contributed by atoms with Gasteiger partial charge in [0.15, 0.2) is 0 Å². The van der Waals surface area contributed by atoms with Crippen LogP contribution in [0.4, 0.5) is 0 Å². The van der Waals surface area contributed by atoms with Crippen molar-refractivity contribution < 1.29 is 19.8 Å². The Morgan fingerprint density at radius 3 is 1.92 bits per heavy atom. The van der Waals surface area contributed by atoms with Gasteiger partial charge in [-0.15, -0.1) is 0 Å². The normalized spacial score (nSPS) is 21.3. The molecule has 0 N–H and O–H groups in total. The van der Waals surface area contributed by atoms with Crippen LogP contribution in [0.3, 0.4) is 0 Å². The molecule has 0 fully saturated rings. The number of carboxylic acid groups (broad SMARTS) is 2. The van der Waals surface area contributed by atoms with Crippen LogP contribution in [0.1, 0.15) is 64.6 Å². The van der Waals surface area contributed by atoms with Gasteiger partial charge in [-0.2, -0.15) is 0 Å². The molecular formula is C20H18O4-2. The predicted octanol–water partition coefficient (Wildman–Crippen LogP) is 1.40. The van der Waals surface area contributed by atoms with Gasteiger partial charge in [0.25, 0.3) is 0 Å². The molecule has 2 aromatic rings. The largest absolute Gasteiger partial charge is 0.545 e. The van der Waals surface area contributed by atoms with Gasteiger partial charge in [-0.3, -0.25) is 0 Å². The molecule has 2 aromatic carbocycles. The molecule has 0 bridgehead atoms. The third-order valence-electron chi connectivity index (χ3n) is 5.13. The Labute approximate surface area is 140 Å². The first-order valence-electron chi connectivity index (χ1n) is 7.83. The number of hydrogen-bond acceptors (Lipinski definition) is 4. The summed E-state index contributed by atoms with van der Waals surface area (Å²) in [6, 6.07) is 11.8. The lowest BCUT2D eigenvalue weighted by Gasteiger charge is -2.29. The van der Waals surface area contributed by atoms with E-state index < -0.39 is 17.4 Å². The van der Waals surface area contributed by atoms with E-state index in [2.05, 4.69) is 20.8 Å². The van der Waals surface area contributed by atoms with E-state index in [-0.39, 0.29) is 16.5 Å². The summed E-state index contributed by atoms with van der Waals surface area (Å²) in [6.07, 6.45) is 0.802. The summed E-state index contributed by atoms with van der Waals surface area (Å²) < 4.78 is 0. The zero-order valence-corrected chi connectivity index (χ0v) is 13.9. The lowest BCUT2D eigenvalue weighted by atomic mass is 9.75. The molecule has 4 heteroatoms. The molecular weight excluding hydrogens is 304 g/mol. The summed E-state index contributed by atoms with van der Waals surface area (Å²) in [4.78, 5) is 22.2. The summed E-state index contributed by atoms with van der Waals surface area (Å²) in [5.74, 6) is -2.41. The van der Waals surface area contributed by atoms with Crippen LogP contribution in [0.25, 0.3) is 0 Å². The van der Waals surface area contributed by atoms with E-state index in [0.29, 0.717) is 0 Å². The topological polar surface area (TPSA) is 80.3 Å². The predicted molar refractivity (Wildman–Crippen MR) is 85.6 cm³/mol. The van der Waals surface area contributed by atoms with Crippen molar-refractivity contribution in [3.63, 3.8) is 0 Å². The van der Waals surface area contributed by atoms with Crippen molar-refractivity contribution in [1.82, 2.24) is 0 Å². The van der Waals surface area contributed by atoms with Gasteiger partial charge in [0, 0.05) is 5.41 Å². The Bertz CT molecular complexity index is 833. The number of hydrogen-bond donors (Lipinski definition) is 0. The fourth-order valence-electron chi connectivity index (χ4n) is 4.02. The van der Waals surface area contributed by atoms with Crippen LogP contribution in [0.5, 0.6) is 0 Å². The fourth-order valence-corrected chi connectivity index (χ4v) is 4.02. The summed E-state index contributed by atoms with van der Waals surface area (Å²) in [6.45, 7) is 6.32. The number of carboxylic acids is 2. The highest BCUT2D eigenvalue weighted by atomic mass is 16.4. The Hall–Kier alpha value is -2.62. The Balaban J connectivity index is 2.17. The second-order valence-electron chi connectivity index (χ2n) is 7.31. The molecule has 1 aliphatic carbocycles. The van der Waals surface area contributed by atoms with Gasteiger partial charge in [-0.1, -0.05) is 57.2 Å². The second kappa shape index (κ2) is 5.20. The van der Waals surface area contributed by atoms with Crippen molar-refractivity contribution >= 4 is 11.9 Å². The average molecular weight is 322 g/mol. The number of benzene rings is 2. The van der Waals surface area contributed by atoms with Crippen molar-refractivity contribution in [3.05, 3.63) is 70.3 Å². The first kappa shape index (κ1) is 16.2. The fraction of sp³-hybridized carbons (Fsp3) is 0.300. The molecule has 124 valence electrons. The molecule has 0 aliphatic heterocycles. The zero-order valence-electron chi connectivity index (χ0n) is 13.9. The highest BCUT2D eigenvalue weighted by molar-refractivity contribution is 5.87. The van der Waals surface area contributed by atoms with Gasteiger partial charge in [0.1, 0.15) is 0 Å². The van der Waals surface area contributed by atoms with Crippen molar-refractivity contribution in [2.24, 2.45) is 0 Å². The van der Waals surface area contributed by atoms with E-state index in [1.165, 1.54) is 12.1 Å². The maximum atomic E-state index is 11.2. The minimum Gasteiger partial charge on any atom is -0.545 e. The van der Waals surface area contributed by atoms with Gasteiger partial charge in [-0.25, -0.2) is 0 Å². The lowest BCUT2D eigenvalue weighted by Crippen LogP contribution is -2.26. The third-order valence-corrected chi connectivity index (χ3v) is 5.13. The molecule has 0 radical (unpaired) electrons. The van der Waals surface area contributed by atoms with Crippen LogP contribution in [-0.4, -0.2) is 11.9 Å². The molecule has 4 nitrogen and oxygen atoms in total. The lowest BCUT2D eigenvalue weighted by molar-refractivity contribution is -0.256. The number of carbonyl (C=O) groups excluding carboxylic acids is 2. The quantitative estimate of drug-likeness (QED) is 0.855. The van der Waals surface area contributed by atoms with Crippen molar-refractivity contribution in [1.29, 1.82) is 0 Å². The van der Waals surface area contributed by atoms with Crippen LogP contribution < -0.4 is 10.2 Å². The summed E-state index contributed by atoms with van der Waals surface area (Å²) in [5, 5.41) is 22.2. The molecule has 0 saturated heterocycles. The maximum absolute atomic E-state index is 11.2. The maximum Gasteiger partial charge on any atom is 0.0715 e. The van der Waals surface area contributed by atoms with E-state index in [1.54, 1.807) is 24.3 Å². The smallest absolute Gasteiger partial charge is 0.0715 e. The first-order chi connectivity index (χ1) is 11.1. The summed E-state index contributed by atoms with van der Waals surface area (Å²) >= 11 is 0. The molecule has 0 unspecified atom stereocenters. The molecule has 1 aliphatic rings. The average Bonchev–Trinajstić information content (AvgIpc) is 2.74. The van der Waals surface area contributed by atoms with E-state index in [0.717, 1.165) is 23.1 Å². The van der Waals surface area contributed by atoms with Gasteiger partial charge >= 0.3 is 0 Å². The van der Waals surface area contributed by atoms with Crippen LogP contribution in [-0.2, 0) is 10.8 Å². The standard InChI is InChI=1S/C20H20O4/c1-19(2)11-20(3,14-7-4-12(5-8-14)17(21)22)16-10-13(18(23)24)6-9-15(16)19/h4-10H,11H2,1-3H3,(H,21,22)(H,23,24)/p-2/t20-/m1/s1. The Morgan fingerprint density at radius 1 is 0.833 bits per heavy atom. The van der Waals surface area contributed by atoms with Crippen LogP contribution in [0, 0.1) is 0 Å². The number of rotatable bonds is 3. The minimum absolute atomic E-state index is 0.110. The molecule has 3 rings (SSSR count). The van der Waals surface area contributed by atoms with Gasteiger partial charge in [0.05, 0.1) is 11.9 Å². The number of fused-ring (bicyclic) bond motifs is 1. The van der Waals surface area contributed by atoms with Gasteiger partial charge < -0.3 is 19.8 Å². The SMILES string of the molecule is CC1(C)C[C@](C)(c2ccc(C(=O)[O-])cc2)c2cc(C(=O)[O-])ccc21. The van der Waals surface area contributed by atoms with Gasteiger partial charge in [-0.05, 0) is 45.7 Å². The summed E-state index contributed by atoms with van der Waals surface area (Å²) in [5.41, 5.74) is 2.80. The molecule has 0 heterocycles. The van der Waals surface area contributed by atoms with Crippen LogP contribution in [0.2, 0.25) is 0 Å². The molecule has 1 atom stereocenters. The van der Waals surface area contributed by atoms with E-state index in [4.69, 9.17) is 0 Å². The van der Waals surface area contributed by atoms with E-state index in [1.807, 2.05) is 6.07 Å². The monoisotopic (exact) mass is 322 g/mol. The number of carbonyl (C=O) groups is 2. The molecule has 0 saturated carbocycles. The zero-order chi connectivity index (χ0) is 17.7. The first-order valence-corrected chi connectivity index (χ1v) is 7.83. The van der Waals surface area contributed by atoms with E-state index >= 15 is 0 Å². The van der Waals surface area contributed by atoms with Crippen LogP contribution in [0.15, 0.2) is 42.5 Å². The number of aromatic carboxylic acids is 2. The van der Waals surface area contributed by atoms with Gasteiger partial charge in [0.2, 0.25) is 0 Å². The molecule has 24 heavy (non-hydrogen) atoms. The minimum atomic E-state index is -1.21. The Kier molecular flexibility index (Phi) is 3.52. The summed E-state index contributed by atoms with van der Waals surface area (Å²) in [7, 11) is 0. The molecule has 0 amide bonds. The molecule has 0 aromatic heterocycles. The van der Waals surface area contributed by atoms with Crippen molar-refractivity contribution in [3.8, 4) is 0 Å². The van der Waals surface area contributed by atoms with Crippen LogP contribution >= 0.6 is 0 Å². The second-order valence-corrected chi connectivity index (χ2v) is 7.31. The Morgan fingerprint density at radius 2 is 1.38 bits per heavy atom. The van der Waals surface area contributed by atoms with E-state index in [9.17, 15) is 19.8 Å². The van der Waals surface area contributed by atoms with Crippen molar-refractivity contribution in [2.75, 3.05) is 0 Å². The highest BCUT2D eigenvalue weighted by Gasteiger charge is 2.45. The highest BCUT2D eigenvalue weighted by Crippen LogP contribution is 2.52. The van der Waals surface area contributed by atoms with Crippen molar-refractivity contribution in [2.45, 2.75) is 38.0 Å². The molecule has 0 spiro atoms.